The van der Waals surface area contributed by atoms with Crippen LogP contribution in [0, 0.1) is 0 Å². The van der Waals surface area contributed by atoms with Crippen molar-refractivity contribution in [1.29, 1.82) is 0 Å². The zero-order valence-electron chi connectivity index (χ0n) is 17.2. The Morgan fingerprint density at radius 3 is 2.52 bits per heavy atom. The first-order chi connectivity index (χ1) is 13.0. The quantitative estimate of drug-likeness (QED) is 0.808. The predicted molar refractivity (Wildman–Crippen MR) is 107 cm³/mol. The highest BCUT2D eigenvalue weighted by atomic mass is 16.5. The van der Waals surface area contributed by atoms with Gasteiger partial charge in [0.15, 0.2) is 11.5 Å². The molecule has 0 atom stereocenters. The van der Waals surface area contributed by atoms with Crippen LogP contribution in [0.1, 0.15) is 36.5 Å². The van der Waals surface area contributed by atoms with Crippen molar-refractivity contribution < 1.29 is 14.3 Å². The van der Waals surface area contributed by atoms with E-state index in [-0.39, 0.29) is 11.4 Å². The standard InChI is InChI=1S/C21H33N3O3/c1-5-27-18-8-7-17(15-19(18)26-4)20(25)24-13-9-21(10-14-24)16-22(2)11-6-12-23(21)3/h7-8,15H,5-6,9-14,16H2,1-4H3. The summed E-state index contributed by atoms with van der Waals surface area (Å²) in [6, 6.07) is 5.46. The molecule has 1 aromatic carbocycles. The highest BCUT2D eigenvalue weighted by molar-refractivity contribution is 5.95. The minimum absolute atomic E-state index is 0.0795. The molecule has 1 spiro atoms. The molecule has 6 heteroatoms. The third kappa shape index (κ3) is 4.22. The molecule has 1 aromatic rings. The van der Waals surface area contributed by atoms with E-state index in [1.54, 1.807) is 13.2 Å². The molecule has 0 radical (unpaired) electrons. The monoisotopic (exact) mass is 375 g/mol. The number of carbonyl (C=O) groups excluding carboxylic acids is 1. The van der Waals surface area contributed by atoms with Crippen molar-refractivity contribution in [3.63, 3.8) is 0 Å². The van der Waals surface area contributed by atoms with Gasteiger partial charge in [0.05, 0.1) is 13.7 Å². The van der Waals surface area contributed by atoms with Gasteiger partial charge in [-0.2, -0.15) is 0 Å². The zero-order chi connectivity index (χ0) is 19.4. The molecule has 150 valence electrons. The number of amides is 1. The number of benzene rings is 1. The Bertz CT molecular complexity index is 656. The van der Waals surface area contributed by atoms with Gasteiger partial charge in [-0.1, -0.05) is 0 Å². The van der Waals surface area contributed by atoms with Gasteiger partial charge in [0.2, 0.25) is 0 Å². The van der Waals surface area contributed by atoms with Crippen molar-refractivity contribution in [2.24, 2.45) is 0 Å². The number of carbonyl (C=O) groups is 1. The van der Waals surface area contributed by atoms with E-state index in [0.29, 0.717) is 23.7 Å². The Balaban J connectivity index is 1.69. The number of methoxy groups -OCH3 is 1. The molecule has 2 fully saturated rings. The van der Waals surface area contributed by atoms with Crippen LogP contribution in [0.4, 0.5) is 0 Å². The number of piperidine rings is 1. The maximum Gasteiger partial charge on any atom is 0.253 e. The number of likely N-dealkylation sites (tertiary alicyclic amines) is 1. The van der Waals surface area contributed by atoms with E-state index in [9.17, 15) is 4.79 Å². The molecule has 2 heterocycles. The minimum atomic E-state index is 0.0795. The highest BCUT2D eigenvalue weighted by Gasteiger charge is 2.41. The van der Waals surface area contributed by atoms with Crippen LogP contribution < -0.4 is 9.47 Å². The fourth-order valence-electron chi connectivity index (χ4n) is 4.44. The van der Waals surface area contributed by atoms with Crippen molar-refractivity contribution in [3.05, 3.63) is 23.8 Å². The van der Waals surface area contributed by atoms with Crippen LogP contribution in [0.3, 0.4) is 0 Å². The molecule has 1 amide bonds. The lowest BCUT2D eigenvalue weighted by atomic mass is 9.85. The van der Waals surface area contributed by atoms with E-state index in [0.717, 1.165) is 45.6 Å². The number of nitrogens with zero attached hydrogens (tertiary/aromatic N) is 3. The molecule has 6 nitrogen and oxygen atoms in total. The van der Waals surface area contributed by atoms with Crippen LogP contribution in [0.2, 0.25) is 0 Å². The lowest BCUT2D eigenvalue weighted by Crippen LogP contribution is -2.58. The largest absolute Gasteiger partial charge is 0.493 e. The van der Waals surface area contributed by atoms with Gasteiger partial charge in [-0.05, 0) is 71.6 Å². The van der Waals surface area contributed by atoms with Crippen molar-refractivity contribution >= 4 is 5.91 Å². The molecule has 0 N–H and O–H groups in total. The van der Waals surface area contributed by atoms with Crippen molar-refractivity contribution in [3.8, 4) is 11.5 Å². The second-order valence-electron chi connectivity index (χ2n) is 7.83. The second kappa shape index (κ2) is 8.48. The Kier molecular flexibility index (Phi) is 6.27. The molecule has 2 aliphatic rings. The molecule has 0 aliphatic carbocycles. The topological polar surface area (TPSA) is 45.2 Å². The van der Waals surface area contributed by atoms with Gasteiger partial charge in [0.1, 0.15) is 0 Å². The van der Waals surface area contributed by atoms with E-state index in [1.165, 1.54) is 6.42 Å². The second-order valence-corrected chi connectivity index (χ2v) is 7.83. The lowest BCUT2D eigenvalue weighted by Gasteiger charge is -2.47. The van der Waals surface area contributed by atoms with E-state index < -0.39 is 0 Å². The van der Waals surface area contributed by atoms with Gasteiger partial charge in [-0.25, -0.2) is 0 Å². The van der Waals surface area contributed by atoms with Crippen LogP contribution in [-0.4, -0.2) is 86.7 Å². The Morgan fingerprint density at radius 2 is 1.85 bits per heavy atom. The SMILES string of the molecule is CCOc1ccc(C(=O)N2CCC3(CC2)CN(C)CCCN3C)cc1OC. The van der Waals surface area contributed by atoms with Crippen molar-refractivity contribution in [2.45, 2.75) is 31.7 Å². The highest BCUT2D eigenvalue weighted by Crippen LogP contribution is 2.33. The fraction of sp³-hybridized carbons (Fsp3) is 0.667. The Morgan fingerprint density at radius 1 is 1.11 bits per heavy atom. The van der Waals surface area contributed by atoms with Gasteiger partial charge in [-0.15, -0.1) is 0 Å². The smallest absolute Gasteiger partial charge is 0.253 e. The summed E-state index contributed by atoms with van der Waals surface area (Å²) in [6.45, 7) is 7.47. The molecule has 0 aromatic heterocycles. The molecule has 3 rings (SSSR count). The zero-order valence-corrected chi connectivity index (χ0v) is 17.2. The average Bonchev–Trinajstić information content (AvgIpc) is 2.81. The van der Waals surface area contributed by atoms with Crippen LogP contribution in [0.25, 0.3) is 0 Å². The molecule has 0 saturated carbocycles. The molecule has 2 aliphatic heterocycles. The Hall–Kier alpha value is -1.79. The fourth-order valence-corrected chi connectivity index (χ4v) is 4.44. The summed E-state index contributed by atoms with van der Waals surface area (Å²) in [7, 11) is 6.06. The maximum absolute atomic E-state index is 13.0. The number of hydrogen-bond donors (Lipinski definition) is 0. The van der Waals surface area contributed by atoms with Crippen LogP contribution in [-0.2, 0) is 0 Å². The first-order valence-corrected chi connectivity index (χ1v) is 9.99. The normalized spacial score (nSPS) is 21.1. The summed E-state index contributed by atoms with van der Waals surface area (Å²) in [4.78, 5) is 20.0. The van der Waals surface area contributed by atoms with Crippen molar-refractivity contribution in [1.82, 2.24) is 14.7 Å². The average molecular weight is 376 g/mol. The molecule has 27 heavy (non-hydrogen) atoms. The van der Waals surface area contributed by atoms with Crippen molar-refractivity contribution in [2.75, 3.05) is 60.5 Å². The van der Waals surface area contributed by atoms with E-state index in [4.69, 9.17) is 9.47 Å². The van der Waals surface area contributed by atoms with E-state index in [2.05, 4.69) is 23.9 Å². The van der Waals surface area contributed by atoms with Crippen LogP contribution >= 0.6 is 0 Å². The Labute approximate surface area is 163 Å². The summed E-state index contributed by atoms with van der Waals surface area (Å²) >= 11 is 0. The molecule has 2 saturated heterocycles. The summed E-state index contributed by atoms with van der Waals surface area (Å²) in [5, 5.41) is 0. The predicted octanol–water partition coefficient (Wildman–Crippen LogP) is 2.34. The lowest BCUT2D eigenvalue weighted by molar-refractivity contribution is 0.0282. The maximum atomic E-state index is 13.0. The third-order valence-electron chi connectivity index (χ3n) is 6.10. The molecular weight excluding hydrogens is 342 g/mol. The van der Waals surface area contributed by atoms with Crippen LogP contribution in [0.5, 0.6) is 11.5 Å². The van der Waals surface area contributed by atoms with E-state index >= 15 is 0 Å². The summed E-state index contributed by atoms with van der Waals surface area (Å²) in [5.74, 6) is 1.37. The van der Waals surface area contributed by atoms with E-state index in [1.807, 2.05) is 24.0 Å². The third-order valence-corrected chi connectivity index (χ3v) is 6.10. The van der Waals surface area contributed by atoms with Gasteiger partial charge in [0.25, 0.3) is 5.91 Å². The van der Waals surface area contributed by atoms with Gasteiger partial charge in [0, 0.05) is 30.7 Å². The van der Waals surface area contributed by atoms with Gasteiger partial charge >= 0.3 is 0 Å². The number of rotatable bonds is 4. The first kappa shape index (κ1) is 20.0. The minimum Gasteiger partial charge on any atom is -0.493 e. The van der Waals surface area contributed by atoms with Gasteiger partial charge in [-0.3, -0.25) is 9.69 Å². The number of likely N-dealkylation sites (N-methyl/N-ethyl adjacent to an activating group) is 2. The van der Waals surface area contributed by atoms with Gasteiger partial charge < -0.3 is 19.3 Å². The van der Waals surface area contributed by atoms with Crippen LogP contribution in [0.15, 0.2) is 18.2 Å². The summed E-state index contributed by atoms with van der Waals surface area (Å²) in [5.41, 5.74) is 0.857. The molecule has 0 bridgehead atoms. The molecular formula is C21H33N3O3. The summed E-state index contributed by atoms with van der Waals surface area (Å²) < 4.78 is 11.0. The molecule has 0 unspecified atom stereocenters. The number of ether oxygens (including phenoxy) is 2. The number of hydrogen-bond acceptors (Lipinski definition) is 5. The first-order valence-electron chi connectivity index (χ1n) is 9.99. The summed E-state index contributed by atoms with van der Waals surface area (Å²) in [6.07, 6.45) is 3.25.